The van der Waals surface area contributed by atoms with E-state index in [0.717, 1.165) is 12.8 Å². The molecule has 1 atom stereocenters. The summed E-state index contributed by atoms with van der Waals surface area (Å²) in [6, 6.07) is 0. The van der Waals surface area contributed by atoms with Crippen molar-refractivity contribution in [3.63, 3.8) is 0 Å². The summed E-state index contributed by atoms with van der Waals surface area (Å²) in [5.41, 5.74) is 3.43. The van der Waals surface area contributed by atoms with Gasteiger partial charge >= 0.3 is 6.09 Å². The molecule has 0 aliphatic carbocycles. The molecule has 0 aromatic rings. The Labute approximate surface area is 102 Å². The average molecular weight is 246 g/mol. The second-order valence-corrected chi connectivity index (χ2v) is 5.71. The zero-order valence-corrected chi connectivity index (χ0v) is 11.0. The highest BCUT2D eigenvalue weighted by atomic mass is 19.1. The highest BCUT2D eigenvalue weighted by Crippen LogP contribution is 2.25. The summed E-state index contributed by atoms with van der Waals surface area (Å²) in [4.78, 5) is 13.3. The predicted octanol–water partition coefficient (Wildman–Crippen LogP) is 2.07. The van der Waals surface area contributed by atoms with Gasteiger partial charge in [-0.15, -0.1) is 0 Å². The SMILES string of the molecule is CC(C)(C)OC(=O)N1CCCC[C@@](F)(CN)C1. The lowest BCUT2D eigenvalue weighted by Crippen LogP contribution is -2.47. The smallest absolute Gasteiger partial charge is 0.410 e. The number of carbonyl (C=O) groups excluding carboxylic acids is 1. The van der Waals surface area contributed by atoms with Crippen LogP contribution in [0.5, 0.6) is 0 Å². The number of carbonyl (C=O) groups is 1. The molecule has 1 heterocycles. The first-order valence-corrected chi connectivity index (χ1v) is 6.13. The molecule has 0 saturated carbocycles. The minimum atomic E-state index is -1.46. The second kappa shape index (κ2) is 5.21. The molecule has 5 heteroatoms. The van der Waals surface area contributed by atoms with E-state index in [4.69, 9.17) is 10.5 Å². The van der Waals surface area contributed by atoms with Crippen LogP contribution in [0.3, 0.4) is 0 Å². The molecule has 1 aliphatic rings. The molecule has 100 valence electrons. The molecule has 0 unspecified atom stereocenters. The summed E-state index contributed by atoms with van der Waals surface area (Å²) in [7, 11) is 0. The van der Waals surface area contributed by atoms with E-state index >= 15 is 0 Å². The molecule has 1 rings (SSSR count). The van der Waals surface area contributed by atoms with Crippen molar-refractivity contribution in [1.82, 2.24) is 4.90 Å². The van der Waals surface area contributed by atoms with Gasteiger partial charge in [-0.25, -0.2) is 9.18 Å². The molecule has 1 aliphatic heterocycles. The maximum atomic E-state index is 14.2. The predicted molar refractivity (Wildman–Crippen MR) is 64.6 cm³/mol. The van der Waals surface area contributed by atoms with E-state index in [9.17, 15) is 9.18 Å². The fourth-order valence-corrected chi connectivity index (χ4v) is 1.89. The van der Waals surface area contributed by atoms with Crippen LogP contribution in [0.1, 0.15) is 40.0 Å². The Balaban J connectivity index is 2.66. The van der Waals surface area contributed by atoms with Crippen LogP contribution < -0.4 is 5.73 Å². The number of likely N-dealkylation sites (tertiary alicyclic amines) is 1. The molecule has 0 aromatic carbocycles. The highest BCUT2D eigenvalue weighted by Gasteiger charge is 2.35. The van der Waals surface area contributed by atoms with Gasteiger partial charge in [-0.1, -0.05) is 0 Å². The largest absolute Gasteiger partial charge is 0.444 e. The summed E-state index contributed by atoms with van der Waals surface area (Å²) < 4.78 is 19.5. The first-order valence-electron chi connectivity index (χ1n) is 6.13. The third-order valence-corrected chi connectivity index (χ3v) is 2.79. The van der Waals surface area contributed by atoms with Gasteiger partial charge in [0, 0.05) is 13.1 Å². The van der Waals surface area contributed by atoms with E-state index in [1.54, 1.807) is 20.8 Å². The Kier molecular flexibility index (Phi) is 4.36. The van der Waals surface area contributed by atoms with E-state index in [2.05, 4.69) is 0 Å². The monoisotopic (exact) mass is 246 g/mol. The lowest BCUT2D eigenvalue weighted by molar-refractivity contribution is 0.0141. The molecule has 1 amide bonds. The molecule has 0 aromatic heterocycles. The molecular weight excluding hydrogens is 223 g/mol. The molecule has 2 N–H and O–H groups in total. The second-order valence-electron chi connectivity index (χ2n) is 5.71. The number of rotatable bonds is 1. The summed E-state index contributed by atoms with van der Waals surface area (Å²) in [6.45, 7) is 5.93. The van der Waals surface area contributed by atoms with Crippen molar-refractivity contribution in [2.45, 2.75) is 51.3 Å². The zero-order valence-electron chi connectivity index (χ0n) is 11.0. The number of hydrogen-bond acceptors (Lipinski definition) is 3. The third kappa shape index (κ3) is 4.50. The number of ether oxygens (including phenoxy) is 1. The van der Waals surface area contributed by atoms with Gasteiger partial charge in [-0.3, -0.25) is 0 Å². The summed E-state index contributed by atoms with van der Waals surface area (Å²) >= 11 is 0. The van der Waals surface area contributed by atoms with Crippen molar-refractivity contribution in [2.24, 2.45) is 5.73 Å². The molecule has 1 fully saturated rings. The van der Waals surface area contributed by atoms with Gasteiger partial charge < -0.3 is 15.4 Å². The molecule has 1 saturated heterocycles. The Bertz CT molecular complexity index is 278. The molecule has 0 spiro atoms. The molecular formula is C12H23FN2O2. The Morgan fingerprint density at radius 3 is 2.65 bits per heavy atom. The number of halogens is 1. The van der Waals surface area contributed by atoms with Crippen LogP contribution in [0.2, 0.25) is 0 Å². The van der Waals surface area contributed by atoms with Crippen LogP contribution in [-0.4, -0.2) is 41.9 Å². The fourth-order valence-electron chi connectivity index (χ4n) is 1.89. The van der Waals surface area contributed by atoms with Crippen LogP contribution in [-0.2, 0) is 4.74 Å². The summed E-state index contributed by atoms with van der Waals surface area (Å²) in [6.07, 6.45) is 1.52. The van der Waals surface area contributed by atoms with Crippen LogP contribution in [0.25, 0.3) is 0 Å². The fraction of sp³-hybridized carbons (Fsp3) is 0.917. The van der Waals surface area contributed by atoms with Gasteiger partial charge in [-0.05, 0) is 40.0 Å². The normalized spacial score (nSPS) is 26.5. The summed E-state index contributed by atoms with van der Waals surface area (Å²) in [5, 5.41) is 0. The molecule has 0 bridgehead atoms. The number of alkyl halides is 1. The van der Waals surface area contributed by atoms with Crippen molar-refractivity contribution in [2.75, 3.05) is 19.6 Å². The van der Waals surface area contributed by atoms with Gasteiger partial charge in [0.2, 0.25) is 0 Å². The van der Waals surface area contributed by atoms with Gasteiger partial charge in [0.15, 0.2) is 0 Å². The molecule has 0 radical (unpaired) electrons. The Morgan fingerprint density at radius 1 is 1.47 bits per heavy atom. The van der Waals surface area contributed by atoms with Crippen LogP contribution in [0, 0.1) is 0 Å². The summed E-state index contributed by atoms with van der Waals surface area (Å²) in [5.74, 6) is 0. The number of hydrogen-bond donors (Lipinski definition) is 1. The van der Waals surface area contributed by atoms with Crippen molar-refractivity contribution < 1.29 is 13.9 Å². The first-order chi connectivity index (χ1) is 7.76. The van der Waals surface area contributed by atoms with Crippen molar-refractivity contribution in [3.8, 4) is 0 Å². The quantitative estimate of drug-likeness (QED) is 0.770. The van der Waals surface area contributed by atoms with E-state index in [0.29, 0.717) is 13.0 Å². The maximum Gasteiger partial charge on any atom is 0.410 e. The molecule has 17 heavy (non-hydrogen) atoms. The lowest BCUT2D eigenvalue weighted by Gasteiger charge is -2.30. The topological polar surface area (TPSA) is 55.6 Å². The Hall–Kier alpha value is -0.840. The number of nitrogens with zero attached hydrogens (tertiary/aromatic N) is 1. The minimum absolute atomic E-state index is 0.0401. The number of amides is 1. The third-order valence-electron chi connectivity index (χ3n) is 2.79. The average Bonchev–Trinajstić information content (AvgIpc) is 2.39. The van der Waals surface area contributed by atoms with Gasteiger partial charge in [0.05, 0.1) is 6.54 Å². The Morgan fingerprint density at radius 2 is 2.12 bits per heavy atom. The van der Waals surface area contributed by atoms with E-state index < -0.39 is 17.4 Å². The minimum Gasteiger partial charge on any atom is -0.444 e. The van der Waals surface area contributed by atoms with E-state index in [1.807, 2.05) is 0 Å². The van der Waals surface area contributed by atoms with E-state index in [1.165, 1.54) is 4.90 Å². The van der Waals surface area contributed by atoms with Crippen molar-refractivity contribution in [3.05, 3.63) is 0 Å². The van der Waals surface area contributed by atoms with Crippen molar-refractivity contribution in [1.29, 1.82) is 0 Å². The maximum absolute atomic E-state index is 14.2. The van der Waals surface area contributed by atoms with E-state index in [-0.39, 0.29) is 13.1 Å². The van der Waals surface area contributed by atoms with Crippen LogP contribution in [0.15, 0.2) is 0 Å². The first kappa shape index (κ1) is 14.2. The van der Waals surface area contributed by atoms with Gasteiger partial charge in [-0.2, -0.15) is 0 Å². The highest BCUT2D eigenvalue weighted by molar-refractivity contribution is 5.68. The molecule has 4 nitrogen and oxygen atoms in total. The van der Waals surface area contributed by atoms with Crippen LogP contribution >= 0.6 is 0 Å². The van der Waals surface area contributed by atoms with Crippen molar-refractivity contribution >= 4 is 6.09 Å². The van der Waals surface area contributed by atoms with Gasteiger partial charge in [0.25, 0.3) is 0 Å². The van der Waals surface area contributed by atoms with Gasteiger partial charge in [0.1, 0.15) is 11.3 Å². The lowest BCUT2D eigenvalue weighted by atomic mass is 10.0. The zero-order chi connectivity index (χ0) is 13.1. The number of nitrogens with two attached hydrogens (primary N) is 1. The standard InChI is InChI=1S/C12H23FN2O2/c1-11(2,3)17-10(16)15-7-5-4-6-12(13,8-14)9-15/h4-9,14H2,1-3H3/t12-/m1/s1. The van der Waals surface area contributed by atoms with Crippen LogP contribution in [0.4, 0.5) is 9.18 Å².